The number of amides is 1. The Kier molecular flexibility index (Phi) is 4.29. The summed E-state index contributed by atoms with van der Waals surface area (Å²) in [6, 6.07) is 7.52. The molecule has 0 saturated carbocycles. The quantitative estimate of drug-likeness (QED) is 0.840. The molecule has 1 aromatic carbocycles. The number of nitrogens with one attached hydrogen (secondary N) is 1. The Morgan fingerprint density at radius 3 is 2.47 bits per heavy atom. The van der Waals surface area contributed by atoms with E-state index in [4.69, 9.17) is 5.73 Å². The highest BCUT2D eigenvalue weighted by atomic mass is 16.2. The van der Waals surface area contributed by atoms with Gasteiger partial charge in [0.05, 0.1) is 6.04 Å². The number of hydrogen-bond donors (Lipinski definition) is 2. The highest BCUT2D eigenvalue weighted by Crippen LogP contribution is 2.17. The van der Waals surface area contributed by atoms with Crippen molar-refractivity contribution in [1.82, 2.24) is 5.32 Å². The van der Waals surface area contributed by atoms with Crippen LogP contribution in [0.1, 0.15) is 31.9 Å². The van der Waals surface area contributed by atoms with Crippen molar-refractivity contribution in [3.8, 4) is 0 Å². The van der Waals surface area contributed by atoms with Crippen LogP contribution in [-0.4, -0.2) is 11.9 Å². The number of benzene rings is 1. The van der Waals surface area contributed by atoms with Crippen LogP contribution in [0.3, 0.4) is 0 Å². The molecule has 0 aliphatic heterocycles. The van der Waals surface area contributed by atoms with Crippen molar-refractivity contribution in [2.45, 2.75) is 40.3 Å². The van der Waals surface area contributed by atoms with Gasteiger partial charge in [-0.3, -0.25) is 4.79 Å². The highest BCUT2D eigenvalue weighted by Gasteiger charge is 2.27. The maximum atomic E-state index is 11.8. The number of carbonyl (C=O) groups excluding carboxylic acids is 1. The molecule has 1 unspecified atom stereocenters. The normalized spacial score (nSPS) is 13.2. The van der Waals surface area contributed by atoms with Crippen molar-refractivity contribution in [3.63, 3.8) is 0 Å². The first-order chi connectivity index (χ1) is 7.82. The van der Waals surface area contributed by atoms with Crippen LogP contribution < -0.4 is 11.1 Å². The van der Waals surface area contributed by atoms with Crippen molar-refractivity contribution in [2.24, 2.45) is 11.1 Å². The van der Waals surface area contributed by atoms with Gasteiger partial charge in [0.1, 0.15) is 0 Å². The van der Waals surface area contributed by atoms with E-state index in [1.807, 2.05) is 52.0 Å². The van der Waals surface area contributed by atoms with Crippen molar-refractivity contribution < 1.29 is 4.79 Å². The van der Waals surface area contributed by atoms with E-state index in [1.54, 1.807) is 0 Å². The van der Waals surface area contributed by atoms with Gasteiger partial charge >= 0.3 is 0 Å². The average molecular weight is 234 g/mol. The van der Waals surface area contributed by atoms with E-state index >= 15 is 0 Å². The molecule has 1 aromatic rings. The molecule has 0 aromatic heterocycles. The fourth-order valence-corrected chi connectivity index (χ4v) is 1.49. The van der Waals surface area contributed by atoms with E-state index in [0.717, 1.165) is 5.56 Å². The van der Waals surface area contributed by atoms with Crippen LogP contribution in [0.2, 0.25) is 0 Å². The summed E-state index contributed by atoms with van der Waals surface area (Å²) in [6.45, 7) is 8.46. The zero-order chi connectivity index (χ0) is 13.1. The number of carbonyl (C=O) groups is 1. The Bertz CT molecular complexity index is 393. The maximum Gasteiger partial charge on any atom is 0.237 e. The number of aryl methyl sites for hydroxylation is 1. The van der Waals surface area contributed by atoms with Gasteiger partial charge in [-0.05, 0) is 23.5 Å². The van der Waals surface area contributed by atoms with Gasteiger partial charge in [-0.15, -0.1) is 0 Å². The van der Waals surface area contributed by atoms with Crippen LogP contribution >= 0.6 is 0 Å². The van der Waals surface area contributed by atoms with Gasteiger partial charge in [0.15, 0.2) is 0 Å². The predicted octanol–water partition coefficient (Wildman–Crippen LogP) is 1.98. The lowest BCUT2D eigenvalue weighted by Gasteiger charge is -2.25. The van der Waals surface area contributed by atoms with Gasteiger partial charge in [-0.2, -0.15) is 0 Å². The number of hydrogen-bond acceptors (Lipinski definition) is 2. The molecule has 0 heterocycles. The van der Waals surface area contributed by atoms with Gasteiger partial charge in [0.25, 0.3) is 0 Å². The maximum absolute atomic E-state index is 11.8. The van der Waals surface area contributed by atoms with E-state index in [-0.39, 0.29) is 11.3 Å². The summed E-state index contributed by atoms with van der Waals surface area (Å²) in [5, 5.41) is 2.88. The summed E-state index contributed by atoms with van der Waals surface area (Å²) < 4.78 is 0. The summed E-state index contributed by atoms with van der Waals surface area (Å²) in [5.41, 5.74) is 7.98. The second kappa shape index (κ2) is 5.32. The minimum absolute atomic E-state index is 0.0965. The zero-order valence-corrected chi connectivity index (χ0v) is 11.1. The molecule has 1 amide bonds. The molecule has 0 spiro atoms. The smallest absolute Gasteiger partial charge is 0.237 e. The minimum Gasteiger partial charge on any atom is -0.351 e. The Morgan fingerprint density at radius 2 is 1.94 bits per heavy atom. The Morgan fingerprint density at radius 1 is 1.35 bits per heavy atom. The first-order valence-electron chi connectivity index (χ1n) is 5.90. The molecule has 17 heavy (non-hydrogen) atoms. The summed E-state index contributed by atoms with van der Waals surface area (Å²) in [7, 11) is 0. The van der Waals surface area contributed by atoms with Crippen LogP contribution in [0.25, 0.3) is 0 Å². The van der Waals surface area contributed by atoms with Gasteiger partial charge in [0.2, 0.25) is 5.91 Å². The monoisotopic (exact) mass is 234 g/mol. The topological polar surface area (TPSA) is 55.1 Å². The molecule has 1 atom stereocenters. The summed E-state index contributed by atoms with van der Waals surface area (Å²) in [4.78, 5) is 11.8. The molecule has 0 radical (unpaired) electrons. The van der Waals surface area contributed by atoms with Gasteiger partial charge < -0.3 is 11.1 Å². The third-order valence-electron chi connectivity index (χ3n) is 2.93. The van der Waals surface area contributed by atoms with Crippen LogP contribution in [0, 0.1) is 12.3 Å². The summed E-state index contributed by atoms with van der Waals surface area (Å²) in [6.07, 6.45) is 0. The lowest BCUT2D eigenvalue weighted by Crippen LogP contribution is -2.48. The Balaban J connectivity index is 2.58. The molecule has 94 valence electrons. The first-order valence-corrected chi connectivity index (χ1v) is 5.90. The molecule has 0 aliphatic carbocycles. The molecule has 0 saturated heterocycles. The van der Waals surface area contributed by atoms with E-state index in [0.29, 0.717) is 6.54 Å². The molecule has 0 bridgehead atoms. The number of rotatable bonds is 3. The fraction of sp³-hybridized carbons (Fsp3) is 0.500. The third-order valence-corrected chi connectivity index (χ3v) is 2.93. The van der Waals surface area contributed by atoms with E-state index in [2.05, 4.69) is 5.32 Å². The molecular weight excluding hydrogens is 212 g/mol. The van der Waals surface area contributed by atoms with E-state index < -0.39 is 6.04 Å². The zero-order valence-electron chi connectivity index (χ0n) is 11.1. The Labute approximate surface area is 103 Å². The molecule has 3 nitrogen and oxygen atoms in total. The highest BCUT2D eigenvalue weighted by molar-refractivity contribution is 5.82. The molecule has 0 aliphatic rings. The van der Waals surface area contributed by atoms with Gasteiger partial charge in [-0.1, -0.05) is 45.0 Å². The summed E-state index contributed by atoms with van der Waals surface area (Å²) >= 11 is 0. The lowest BCUT2D eigenvalue weighted by molar-refractivity contribution is -0.124. The van der Waals surface area contributed by atoms with Crippen molar-refractivity contribution in [3.05, 3.63) is 35.4 Å². The van der Waals surface area contributed by atoms with Crippen LogP contribution in [0.15, 0.2) is 24.3 Å². The fourth-order valence-electron chi connectivity index (χ4n) is 1.49. The standard InChI is InChI=1S/C14H22N2O/c1-10-7-5-6-8-11(10)9-16-13(17)12(15)14(2,3)4/h5-8,12H,9,15H2,1-4H3,(H,16,17). The SMILES string of the molecule is Cc1ccccc1CNC(=O)C(N)C(C)(C)C. The molecule has 3 N–H and O–H groups in total. The molecule has 3 heteroatoms. The second-order valence-corrected chi connectivity index (χ2v) is 5.49. The predicted molar refractivity (Wildman–Crippen MR) is 70.5 cm³/mol. The molecule has 0 fully saturated rings. The second-order valence-electron chi connectivity index (χ2n) is 5.49. The molecular formula is C14H22N2O. The van der Waals surface area contributed by atoms with Gasteiger partial charge in [0, 0.05) is 6.54 Å². The van der Waals surface area contributed by atoms with Crippen molar-refractivity contribution in [1.29, 1.82) is 0 Å². The molecule has 1 rings (SSSR count). The minimum atomic E-state index is -0.480. The van der Waals surface area contributed by atoms with Crippen LogP contribution in [0.5, 0.6) is 0 Å². The summed E-state index contributed by atoms with van der Waals surface area (Å²) in [5.74, 6) is -0.0965. The van der Waals surface area contributed by atoms with Crippen molar-refractivity contribution in [2.75, 3.05) is 0 Å². The first kappa shape index (κ1) is 13.7. The Hall–Kier alpha value is -1.35. The third kappa shape index (κ3) is 3.86. The van der Waals surface area contributed by atoms with Crippen LogP contribution in [0.4, 0.5) is 0 Å². The van der Waals surface area contributed by atoms with E-state index in [1.165, 1.54) is 5.56 Å². The van der Waals surface area contributed by atoms with Gasteiger partial charge in [-0.25, -0.2) is 0 Å². The number of nitrogens with two attached hydrogens (primary N) is 1. The average Bonchev–Trinajstić information content (AvgIpc) is 2.25. The van der Waals surface area contributed by atoms with Crippen LogP contribution in [-0.2, 0) is 11.3 Å². The largest absolute Gasteiger partial charge is 0.351 e. The van der Waals surface area contributed by atoms with E-state index in [9.17, 15) is 4.79 Å². The lowest BCUT2D eigenvalue weighted by atomic mass is 9.87. The van der Waals surface area contributed by atoms with Crippen molar-refractivity contribution >= 4 is 5.91 Å².